The normalized spacial score (nSPS) is 17.2. The van der Waals surface area contributed by atoms with E-state index in [4.69, 9.17) is 10.00 Å². The number of nitrogens with one attached hydrogen (secondary N) is 1. The number of carbonyl (C=O) groups excluding carboxylic acids is 1. The van der Waals surface area contributed by atoms with E-state index in [-0.39, 0.29) is 16.7 Å². The molecule has 44 heavy (non-hydrogen) atoms. The zero-order valence-corrected chi connectivity index (χ0v) is 27.3. The lowest BCUT2D eigenvalue weighted by atomic mass is 9.62. The van der Waals surface area contributed by atoms with Crippen LogP contribution in [0.25, 0.3) is 16.7 Å². The first-order valence-corrected chi connectivity index (χ1v) is 16.1. The van der Waals surface area contributed by atoms with E-state index in [2.05, 4.69) is 63.0 Å². The Kier molecular flexibility index (Phi) is 9.32. The van der Waals surface area contributed by atoms with E-state index in [0.29, 0.717) is 17.7 Å². The molecule has 0 fully saturated rings. The van der Waals surface area contributed by atoms with Gasteiger partial charge in [0.25, 0.3) is 5.91 Å². The Morgan fingerprint density at radius 2 is 1.64 bits per heavy atom. The highest BCUT2D eigenvalue weighted by molar-refractivity contribution is 5.94. The lowest BCUT2D eigenvalue weighted by Gasteiger charge is -2.43. The summed E-state index contributed by atoms with van der Waals surface area (Å²) in [6.07, 6.45) is 7.80. The molecule has 5 rings (SSSR count). The van der Waals surface area contributed by atoms with E-state index in [1.54, 1.807) is 0 Å². The SMILES string of the molecule is COc1c(C2=CCN(CCCCNC(=O)c3ccc(-c4ccc(C#N)cc4)cc3)CC2)c(C)cc2c1C(C)(C)CCC2(C)C. The van der Waals surface area contributed by atoms with Crippen molar-refractivity contribution in [1.29, 1.82) is 5.26 Å². The van der Waals surface area contributed by atoms with Crippen LogP contribution in [-0.2, 0) is 10.8 Å². The van der Waals surface area contributed by atoms with Gasteiger partial charge in [-0.1, -0.05) is 64.1 Å². The number of amides is 1. The number of hydrogen-bond donors (Lipinski definition) is 1. The van der Waals surface area contributed by atoms with Gasteiger partial charge in [-0.05, 0) is 108 Å². The summed E-state index contributed by atoms with van der Waals surface area (Å²) in [5.74, 6) is 1.06. The third-order valence-corrected chi connectivity index (χ3v) is 9.76. The molecule has 0 spiro atoms. The zero-order chi connectivity index (χ0) is 31.5. The van der Waals surface area contributed by atoms with Gasteiger partial charge in [0.05, 0.1) is 18.7 Å². The van der Waals surface area contributed by atoms with E-state index >= 15 is 0 Å². The highest BCUT2D eigenvalue weighted by Crippen LogP contribution is 2.52. The van der Waals surface area contributed by atoms with E-state index in [1.165, 1.54) is 40.7 Å². The molecule has 5 heteroatoms. The molecule has 0 saturated heterocycles. The van der Waals surface area contributed by atoms with E-state index in [0.717, 1.165) is 55.8 Å². The fraction of sp³-hybridized carbons (Fsp3) is 0.436. The minimum Gasteiger partial charge on any atom is -0.496 e. The second kappa shape index (κ2) is 13.0. The molecule has 2 aliphatic rings. The van der Waals surface area contributed by atoms with Gasteiger partial charge < -0.3 is 10.1 Å². The van der Waals surface area contributed by atoms with Gasteiger partial charge in [0.15, 0.2) is 0 Å². The molecule has 1 heterocycles. The molecule has 3 aromatic rings. The molecule has 0 atom stereocenters. The summed E-state index contributed by atoms with van der Waals surface area (Å²) in [5, 5.41) is 12.1. The Hall–Kier alpha value is -3.88. The van der Waals surface area contributed by atoms with Crippen LogP contribution in [0, 0.1) is 18.3 Å². The monoisotopic (exact) mass is 589 g/mol. The molecule has 0 saturated carbocycles. The largest absolute Gasteiger partial charge is 0.496 e. The number of ether oxygens (including phenoxy) is 1. The zero-order valence-electron chi connectivity index (χ0n) is 27.3. The third-order valence-electron chi connectivity index (χ3n) is 9.76. The first-order valence-electron chi connectivity index (χ1n) is 16.1. The molecule has 1 aliphatic heterocycles. The summed E-state index contributed by atoms with van der Waals surface area (Å²) >= 11 is 0. The van der Waals surface area contributed by atoms with Crippen molar-refractivity contribution in [3.05, 3.63) is 94.1 Å². The summed E-state index contributed by atoms with van der Waals surface area (Å²) in [6.45, 7) is 15.4. The maximum Gasteiger partial charge on any atom is 0.251 e. The molecule has 5 nitrogen and oxygen atoms in total. The summed E-state index contributed by atoms with van der Waals surface area (Å²) in [4.78, 5) is 15.2. The molecule has 1 N–H and O–H groups in total. The van der Waals surface area contributed by atoms with E-state index in [9.17, 15) is 4.79 Å². The van der Waals surface area contributed by atoms with Gasteiger partial charge >= 0.3 is 0 Å². The summed E-state index contributed by atoms with van der Waals surface area (Å²) in [6, 6.07) is 19.7. The predicted octanol–water partition coefficient (Wildman–Crippen LogP) is 8.19. The standard InChI is InChI=1S/C39H47N3O2/c1-27-25-33-35(39(4,5)20-19-38(33,2)3)36(44-6)34(27)31-17-23-42(24-18-31)22-8-7-21-41-37(43)32-15-13-30(14-16-32)29-11-9-28(26-40)10-12-29/h9-17,25H,7-8,18-24H2,1-6H3,(H,41,43). The summed E-state index contributed by atoms with van der Waals surface area (Å²) in [5.41, 5.74) is 10.5. The average Bonchev–Trinajstić information content (AvgIpc) is 3.03. The topological polar surface area (TPSA) is 65.4 Å². The molecule has 0 unspecified atom stereocenters. The van der Waals surface area contributed by atoms with Crippen molar-refractivity contribution in [2.24, 2.45) is 0 Å². The van der Waals surface area contributed by atoms with Gasteiger partial charge in [0.1, 0.15) is 5.75 Å². The molecule has 3 aromatic carbocycles. The lowest BCUT2D eigenvalue weighted by molar-refractivity contribution is 0.0952. The first kappa shape index (κ1) is 31.5. The van der Waals surface area contributed by atoms with Gasteiger partial charge in [-0.25, -0.2) is 0 Å². The number of unbranched alkanes of at least 4 members (excludes halogenated alkanes) is 1. The average molecular weight is 590 g/mol. The van der Waals surface area contributed by atoms with Gasteiger partial charge in [0, 0.05) is 36.3 Å². The van der Waals surface area contributed by atoms with Crippen molar-refractivity contribution in [2.45, 2.75) is 77.6 Å². The van der Waals surface area contributed by atoms with Crippen molar-refractivity contribution in [3.8, 4) is 22.9 Å². The van der Waals surface area contributed by atoms with E-state index in [1.807, 2.05) is 55.6 Å². The second-order valence-corrected chi connectivity index (χ2v) is 13.8. The van der Waals surface area contributed by atoms with Crippen molar-refractivity contribution >= 4 is 11.5 Å². The Morgan fingerprint density at radius 1 is 0.977 bits per heavy atom. The maximum atomic E-state index is 12.7. The van der Waals surface area contributed by atoms with Crippen LogP contribution in [-0.4, -0.2) is 44.1 Å². The van der Waals surface area contributed by atoms with Crippen molar-refractivity contribution in [3.63, 3.8) is 0 Å². The molecular formula is C39H47N3O2. The fourth-order valence-corrected chi connectivity index (χ4v) is 6.94. The fourth-order valence-electron chi connectivity index (χ4n) is 6.94. The van der Waals surface area contributed by atoms with Gasteiger partial charge in [0.2, 0.25) is 0 Å². The van der Waals surface area contributed by atoms with Crippen LogP contribution in [0.4, 0.5) is 0 Å². The number of carbonyl (C=O) groups is 1. The second-order valence-electron chi connectivity index (χ2n) is 13.8. The quantitative estimate of drug-likeness (QED) is 0.256. The first-order chi connectivity index (χ1) is 21.0. The molecule has 1 amide bonds. The van der Waals surface area contributed by atoms with Crippen molar-refractivity contribution in [2.75, 3.05) is 33.3 Å². The summed E-state index contributed by atoms with van der Waals surface area (Å²) < 4.78 is 6.21. The Labute approximate surface area is 263 Å². The minimum atomic E-state index is -0.0390. The Balaban J connectivity index is 1.12. The van der Waals surface area contributed by atoms with E-state index < -0.39 is 0 Å². The smallest absolute Gasteiger partial charge is 0.251 e. The van der Waals surface area contributed by atoms with Crippen LogP contribution < -0.4 is 10.1 Å². The Morgan fingerprint density at radius 3 is 2.25 bits per heavy atom. The number of rotatable bonds is 9. The number of benzene rings is 3. The molecule has 0 radical (unpaired) electrons. The van der Waals surface area contributed by atoms with Crippen LogP contribution in [0.1, 0.15) is 98.0 Å². The van der Waals surface area contributed by atoms with Crippen LogP contribution in [0.15, 0.2) is 60.7 Å². The number of hydrogen-bond acceptors (Lipinski definition) is 4. The van der Waals surface area contributed by atoms with Gasteiger partial charge in [-0.15, -0.1) is 0 Å². The molecule has 0 bridgehead atoms. The molecule has 1 aliphatic carbocycles. The number of aryl methyl sites for hydroxylation is 1. The number of nitrogens with zero attached hydrogens (tertiary/aromatic N) is 2. The van der Waals surface area contributed by atoms with Gasteiger partial charge in [-0.2, -0.15) is 5.26 Å². The van der Waals surface area contributed by atoms with Crippen LogP contribution >= 0.6 is 0 Å². The van der Waals surface area contributed by atoms with Gasteiger partial charge in [-0.3, -0.25) is 9.69 Å². The predicted molar refractivity (Wildman–Crippen MR) is 180 cm³/mol. The third kappa shape index (κ3) is 6.61. The summed E-state index contributed by atoms with van der Waals surface area (Å²) in [7, 11) is 1.84. The van der Waals surface area contributed by atoms with Crippen molar-refractivity contribution < 1.29 is 9.53 Å². The number of nitriles is 1. The van der Waals surface area contributed by atoms with Crippen LogP contribution in [0.2, 0.25) is 0 Å². The number of methoxy groups -OCH3 is 1. The van der Waals surface area contributed by atoms with Crippen LogP contribution in [0.3, 0.4) is 0 Å². The number of fused-ring (bicyclic) bond motifs is 1. The van der Waals surface area contributed by atoms with Crippen molar-refractivity contribution in [1.82, 2.24) is 10.2 Å². The minimum absolute atomic E-state index is 0.0390. The molecule has 0 aromatic heterocycles. The van der Waals surface area contributed by atoms with Crippen LogP contribution in [0.5, 0.6) is 5.75 Å². The Bertz CT molecular complexity index is 1570. The molecule has 230 valence electrons. The highest BCUT2D eigenvalue weighted by Gasteiger charge is 2.41. The maximum absolute atomic E-state index is 12.7. The lowest BCUT2D eigenvalue weighted by Crippen LogP contribution is -2.35. The molecular weight excluding hydrogens is 542 g/mol. The highest BCUT2D eigenvalue weighted by atomic mass is 16.5.